The Morgan fingerprint density at radius 3 is 1.45 bits per heavy atom. The summed E-state index contributed by atoms with van der Waals surface area (Å²) in [7, 11) is -2.68. The van der Waals surface area contributed by atoms with Crippen molar-refractivity contribution in [3.63, 3.8) is 0 Å². The van der Waals surface area contributed by atoms with Crippen LogP contribution in [0.25, 0.3) is 0 Å². The molecule has 11 heavy (non-hydrogen) atoms. The molecule has 0 radical (unpaired) electrons. The van der Waals surface area contributed by atoms with E-state index in [0.29, 0.717) is 0 Å². The molecule has 1 aliphatic heterocycles. The van der Waals surface area contributed by atoms with Crippen molar-refractivity contribution in [2.75, 3.05) is 0 Å². The van der Waals surface area contributed by atoms with Gasteiger partial charge < -0.3 is 8.54 Å². The number of hydrogen-bond donors (Lipinski definition) is 1. The fourth-order valence-corrected chi connectivity index (χ4v) is 26.4. The van der Waals surface area contributed by atoms with Crippen molar-refractivity contribution in [1.29, 1.82) is 0 Å². The van der Waals surface area contributed by atoms with Gasteiger partial charge in [0.05, 0.1) is 8.96 Å². The van der Waals surface area contributed by atoms with E-state index >= 15 is 0 Å². The van der Waals surface area contributed by atoms with Gasteiger partial charge >= 0.3 is 0 Å². The lowest BCUT2D eigenvalue weighted by molar-refractivity contribution is 0.783. The van der Waals surface area contributed by atoms with E-state index in [1.54, 1.807) is 0 Å². The van der Waals surface area contributed by atoms with Gasteiger partial charge in [0.15, 0.2) is 16.8 Å². The topological polar surface area (TPSA) is 15.3 Å². The highest BCUT2D eigenvalue weighted by atomic mass is 28.5. The third-order valence-electron chi connectivity index (χ3n) is 2.33. The van der Waals surface area contributed by atoms with Gasteiger partial charge in [-0.25, -0.2) is 0 Å². The van der Waals surface area contributed by atoms with Crippen LogP contribution in [0.4, 0.5) is 0 Å². The molecule has 0 aliphatic carbocycles. The van der Waals surface area contributed by atoms with Crippen LogP contribution in [0.15, 0.2) is 0 Å². The highest BCUT2D eigenvalue weighted by Gasteiger charge is 2.54. The van der Waals surface area contributed by atoms with E-state index in [9.17, 15) is 0 Å². The molecular formula is C6H20N2Si3. The summed E-state index contributed by atoms with van der Waals surface area (Å²) < 4.78 is 6.73. The van der Waals surface area contributed by atoms with Crippen molar-refractivity contribution in [1.82, 2.24) is 8.54 Å². The van der Waals surface area contributed by atoms with Crippen LogP contribution in [0, 0.1) is 0 Å². The lowest BCUT2D eigenvalue weighted by atomic mass is 11.9. The molecule has 1 saturated heterocycles. The molecule has 1 aliphatic rings. The Kier molecular flexibility index (Phi) is 2.22. The highest BCUT2D eigenvalue weighted by Crippen LogP contribution is 2.27. The Labute approximate surface area is 74.0 Å². The van der Waals surface area contributed by atoms with E-state index in [1.165, 1.54) is 0 Å². The van der Waals surface area contributed by atoms with Crippen LogP contribution in [-0.4, -0.2) is 29.6 Å². The molecular weight excluding hydrogens is 184 g/mol. The number of rotatable bonds is 1. The first-order valence-electron chi connectivity index (χ1n) is 4.36. The SMILES string of the molecule is C[SiH](C)N1[Si](C)(C)N[Si]1(C)C. The lowest BCUT2D eigenvalue weighted by Gasteiger charge is -2.62. The molecule has 1 rings (SSSR count). The zero-order valence-corrected chi connectivity index (χ0v) is 11.7. The molecule has 0 aromatic heterocycles. The number of nitrogens with one attached hydrogen (secondary N) is 1. The van der Waals surface area contributed by atoms with Crippen molar-refractivity contribution < 1.29 is 0 Å². The zero-order chi connectivity index (χ0) is 8.86. The quantitative estimate of drug-likeness (QED) is 0.648. The maximum atomic E-state index is 3.83. The zero-order valence-electron chi connectivity index (χ0n) is 8.52. The van der Waals surface area contributed by atoms with Crippen LogP contribution in [0.5, 0.6) is 0 Å². The predicted octanol–water partition coefficient (Wildman–Crippen LogP) is 1.28. The minimum Gasteiger partial charge on any atom is -0.348 e. The summed E-state index contributed by atoms with van der Waals surface area (Å²) in [5.74, 6) is 0. The van der Waals surface area contributed by atoms with Crippen LogP contribution < -0.4 is 4.65 Å². The molecule has 0 aromatic carbocycles. The third kappa shape index (κ3) is 1.52. The molecule has 0 amide bonds. The monoisotopic (exact) mass is 204 g/mol. The molecule has 1 fully saturated rings. The summed E-state index contributed by atoms with van der Waals surface area (Å²) in [6.45, 7) is 14.6. The first kappa shape index (κ1) is 9.66. The standard InChI is InChI=1S/C6H20N2Si3/c1-9(2)8-10(3,4)7-11(8,5)6/h7,9H,1-6H3. The van der Waals surface area contributed by atoms with Gasteiger partial charge in [-0.2, -0.15) is 0 Å². The van der Waals surface area contributed by atoms with Crippen LogP contribution in [-0.2, 0) is 0 Å². The summed E-state index contributed by atoms with van der Waals surface area (Å²) in [5.41, 5.74) is 0. The van der Waals surface area contributed by atoms with Crippen molar-refractivity contribution >= 4 is 25.8 Å². The minimum atomic E-state index is -1.07. The van der Waals surface area contributed by atoms with Crippen molar-refractivity contribution in [3.05, 3.63) is 0 Å². The molecule has 1 heterocycles. The summed E-state index contributed by atoms with van der Waals surface area (Å²) >= 11 is 0. The second kappa shape index (κ2) is 2.53. The molecule has 1 N–H and O–H groups in total. The van der Waals surface area contributed by atoms with Gasteiger partial charge in [-0.15, -0.1) is 0 Å². The largest absolute Gasteiger partial charge is 0.348 e. The molecule has 2 nitrogen and oxygen atoms in total. The van der Waals surface area contributed by atoms with Crippen LogP contribution in [0.2, 0.25) is 39.3 Å². The van der Waals surface area contributed by atoms with E-state index in [-0.39, 0.29) is 0 Å². The average Bonchev–Trinajstić information content (AvgIpc) is 1.53. The molecule has 66 valence electrons. The Bertz CT molecular complexity index is 153. The fraction of sp³-hybridized carbons (Fsp3) is 1.00. The number of hydrogen-bond acceptors (Lipinski definition) is 2. The van der Waals surface area contributed by atoms with E-state index in [2.05, 4.69) is 47.8 Å². The molecule has 5 heteroatoms. The molecule has 0 bridgehead atoms. The van der Waals surface area contributed by atoms with Crippen LogP contribution >= 0.6 is 0 Å². The molecule has 0 aromatic rings. The smallest absolute Gasteiger partial charge is 0.179 e. The van der Waals surface area contributed by atoms with Gasteiger partial charge in [-0.1, -0.05) is 13.1 Å². The first-order valence-corrected chi connectivity index (χ1v) is 13.1. The Balaban J connectivity index is 2.73. The van der Waals surface area contributed by atoms with E-state index in [1.807, 2.05) is 0 Å². The van der Waals surface area contributed by atoms with Gasteiger partial charge in [0.2, 0.25) is 0 Å². The normalized spacial score (nSPS) is 28.6. The maximum absolute atomic E-state index is 3.83. The van der Waals surface area contributed by atoms with Gasteiger partial charge in [0.1, 0.15) is 0 Å². The Hall–Kier alpha value is 0.571. The van der Waals surface area contributed by atoms with Crippen molar-refractivity contribution in [3.8, 4) is 0 Å². The second-order valence-electron chi connectivity index (χ2n) is 4.71. The maximum Gasteiger partial charge on any atom is 0.179 e. The summed E-state index contributed by atoms with van der Waals surface area (Å²) in [5, 5.41) is 0. The van der Waals surface area contributed by atoms with Gasteiger partial charge in [0.25, 0.3) is 0 Å². The first-order chi connectivity index (χ1) is 4.77. The third-order valence-corrected chi connectivity index (χ3v) is 21.0. The van der Waals surface area contributed by atoms with E-state index in [4.69, 9.17) is 0 Å². The number of nitrogens with zero attached hydrogens (tertiary/aromatic N) is 1. The Morgan fingerprint density at radius 1 is 1.00 bits per heavy atom. The summed E-state index contributed by atoms with van der Waals surface area (Å²) in [4.78, 5) is 0. The average molecular weight is 204 g/mol. The van der Waals surface area contributed by atoms with Gasteiger partial charge in [-0.05, 0) is 26.2 Å². The van der Waals surface area contributed by atoms with E-state index in [0.717, 1.165) is 0 Å². The molecule has 0 atom stereocenters. The van der Waals surface area contributed by atoms with Crippen molar-refractivity contribution in [2.24, 2.45) is 0 Å². The molecule has 0 saturated carbocycles. The summed E-state index contributed by atoms with van der Waals surface area (Å²) in [6.07, 6.45) is 0. The highest BCUT2D eigenvalue weighted by molar-refractivity contribution is 7.10. The van der Waals surface area contributed by atoms with E-state index < -0.39 is 25.8 Å². The predicted molar refractivity (Wildman–Crippen MR) is 58.8 cm³/mol. The summed E-state index contributed by atoms with van der Waals surface area (Å²) in [6, 6.07) is 0. The van der Waals surface area contributed by atoms with Crippen LogP contribution in [0.3, 0.4) is 0 Å². The molecule has 0 spiro atoms. The Morgan fingerprint density at radius 2 is 1.36 bits per heavy atom. The second-order valence-corrected chi connectivity index (χ2v) is 17.1. The van der Waals surface area contributed by atoms with Crippen molar-refractivity contribution in [2.45, 2.75) is 39.3 Å². The van der Waals surface area contributed by atoms with Gasteiger partial charge in [0, 0.05) is 0 Å². The fourth-order valence-electron chi connectivity index (χ4n) is 2.81. The minimum absolute atomic E-state index is 0.534. The molecule has 0 unspecified atom stereocenters. The van der Waals surface area contributed by atoms with Crippen LogP contribution in [0.1, 0.15) is 0 Å². The lowest BCUT2D eigenvalue weighted by Crippen LogP contribution is -2.90. The van der Waals surface area contributed by atoms with Gasteiger partial charge in [-0.3, -0.25) is 0 Å².